The van der Waals surface area contributed by atoms with E-state index < -0.39 is 0 Å². The molecule has 0 aromatic carbocycles. The van der Waals surface area contributed by atoms with Crippen LogP contribution in [0.15, 0.2) is 23.0 Å². The second-order valence-corrected chi connectivity index (χ2v) is 5.96. The summed E-state index contributed by atoms with van der Waals surface area (Å²) in [5, 5.41) is 3.71. The summed E-state index contributed by atoms with van der Waals surface area (Å²) < 4.78 is 0. The molecule has 0 bridgehead atoms. The average Bonchev–Trinajstić information content (AvgIpc) is 2.55. The Balaban J connectivity index is 1.92. The van der Waals surface area contributed by atoms with E-state index in [1.54, 1.807) is 6.20 Å². The van der Waals surface area contributed by atoms with Gasteiger partial charge in [-0.1, -0.05) is 30.3 Å². The molecule has 0 spiro atoms. The summed E-state index contributed by atoms with van der Waals surface area (Å²) in [5.74, 6) is -0.0593. The fourth-order valence-electron chi connectivity index (χ4n) is 2.52. The summed E-state index contributed by atoms with van der Waals surface area (Å²) in [6.07, 6.45) is 12.6. The highest BCUT2D eigenvalue weighted by Crippen LogP contribution is 2.19. The van der Waals surface area contributed by atoms with Crippen molar-refractivity contribution in [2.24, 2.45) is 0 Å². The normalized spacial score (nSPS) is 14.7. The van der Waals surface area contributed by atoms with Crippen LogP contribution in [-0.2, 0) is 6.42 Å². The topological polar surface area (TPSA) is 54.9 Å². The number of aromatic nitrogens is 2. The zero-order valence-electron chi connectivity index (χ0n) is 12.8. The maximum Gasteiger partial charge on any atom is 0.254 e. The van der Waals surface area contributed by atoms with E-state index in [1.165, 1.54) is 43.0 Å². The molecule has 0 aliphatic heterocycles. The zero-order valence-corrected chi connectivity index (χ0v) is 13.6. The van der Waals surface area contributed by atoms with Crippen molar-refractivity contribution in [3.05, 3.63) is 29.1 Å². The Labute approximate surface area is 130 Å². The van der Waals surface area contributed by atoms with Crippen molar-refractivity contribution in [1.29, 1.82) is 0 Å². The third-order valence-electron chi connectivity index (χ3n) is 3.72. The summed E-state index contributed by atoms with van der Waals surface area (Å²) >= 11 is 1.49. The van der Waals surface area contributed by atoms with Crippen LogP contribution in [0.3, 0.4) is 0 Å². The number of hydrogen-bond donors (Lipinski definition) is 1. The van der Waals surface area contributed by atoms with Gasteiger partial charge in [-0.3, -0.25) is 4.79 Å². The number of aryl methyl sites for hydroxylation is 1. The van der Waals surface area contributed by atoms with Gasteiger partial charge in [0.2, 0.25) is 0 Å². The largest absolute Gasteiger partial charge is 0.352 e. The number of nitrogens with zero attached hydrogens (tertiary/aromatic N) is 2. The average molecular weight is 305 g/mol. The molecule has 5 heteroatoms. The predicted octanol–water partition coefficient (Wildman–Crippen LogP) is 3.38. The van der Waals surface area contributed by atoms with E-state index in [0.717, 1.165) is 23.7 Å². The van der Waals surface area contributed by atoms with E-state index in [4.69, 9.17) is 0 Å². The Morgan fingerprint density at radius 3 is 2.95 bits per heavy atom. The van der Waals surface area contributed by atoms with Gasteiger partial charge >= 0.3 is 0 Å². The van der Waals surface area contributed by atoms with E-state index in [1.807, 2.05) is 13.2 Å². The number of allylic oxidation sites excluding steroid dienone is 1. The van der Waals surface area contributed by atoms with Crippen molar-refractivity contribution in [3.63, 3.8) is 0 Å². The molecule has 0 unspecified atom stereocenters. The van der Waals surface area contributed by atoms with Gasteiger partial charge in [0, 0.05) is 12.7 Å². The number of carbonyl (C=O) groups excluding carboxylic acids is 1. The smallest absolute Gasteiger partial charge is 0.254 e. The van der Waals surface area contributed by atoms with Crippen LogP contribution in [0.2, 0.25) is 0 Å². The highest BCUT2D eigenvalue weighted by Gasteiger charge is 2.13. The van der Waals surface area contributed by atoms with Gasteiger partial charge in [0.15, 0.2) is 5.16 Å². The number of thioether (sulfide) groups is 1. The first-order valence-corrected chi connectivity index (χ1v) is 8.83. The van der Waals surface area contributed by atoms with Crippen LogP contribution < -0.4 is 5.32 Å². The van der Waals surface area contributed by atoms with Crippen LogP contribution in [0.5, 0.6) is 0 Å². The van der Waals surface area contributed by atoms with Crippen molar-refractivity contribution in [3.8, 4) is 0 Å². The molecule has 1 N–H and O–H groups in total. The molecule has 1 aliphatic rings. The van der Waals surface area contributed by atoms with Crippen molar-refractivity contribution in [1.82, 2.24) is 15.3 Å². The quantitative estimate of drug-likeness (QED) is 0.497. The summed E-state index contributed by atoms with van der Waals surface area (Å²) in [5.41, 5.74) is 2.91. The zero-order chi connectivity index (χ0) is 15.1. The first-order valence-electron chi connectivity index (χ1n) is 7.60. The number of rotatable bonds is 6. The molecule has 1 aromatic rings. The Morgan fingerprint density at radius 1 is 1.43 bits per heavy atom. The van der Waals surface area contributed by atoms with Crippen LogP contribution in [-0.4, -0.2) is 28.7 Å². The van der Waals surface area contributed by atoms with Crippen LogP contribution in [0.25, 0.3) is 0 Å². The van der Waals surface area contributed by atoms with E-state index in [2.05, 4.69) is 21.4 Å². The van der Waals surface area contributed by atoms with E-state index in [9.17, 15) is 4.79 Å². The molecular weight excluding hydrogens is 282 g/mol. The number of nitrogens with one attached hydrogen (secondary N) is 1. The monoisotopic (exact) mass is 305 g/mol. The maximum atomic E-state index is 12.2. The molecule has 1 aliphatic carbocycles. The first kappa shape index (κ1) is 16.0. The molecular formula is C16H23N3OS. The first-order chi connectivity index (χ1) is 10.2. The van der Waals surface area contributed by atoms with Crippen LogP contribution in [0, 0.1) is 0 Å². The lowest BCUT2D eigenvalue weighted by Gasteiger charge is -2.13. The van der Waals surface area contributed by atoms with Crippen LogP contribution in [0.4, 0.5) is 0 Å². The fourth-order valence-corrected chi connectivity index (χ4v) is 2.88. The highest BCUT2D eigenvalue weighted by atomic mass is 32.2. The highest BCUT2D eigenvalue weighted by molar-refractivity contribution is 7.98. The molecule has 114 valence electrons. The summed E-state index contributed by atoms with van der Waals surface area (Å²) in [6, 6.07) is 0. The van der Waals surface area contributed by atoms with Gasteiger partial charge in [0.25, 0.3) is 5.91 Å². The Hall–Kier alpha value is -1.36. The second-order valence-electron chi connectivity index (χ2n) is 5.18. The molecule has 0 saturated carbocycles. The molecule has 1 aromatic heterocycles. The van der Waals surface area contributed by atoms with Crippen LogP contribution in [0.1, 0.15) is 55.1 Å². The Bertz CT molecular complexity index is 528. The lowest BCUT2D eigenvalue weighted by atomic mass is 9.97. The second kappa shape index (κ2) is 8.17. The molecule has 0 fully saturated rings. The third kappa shape index (κ3) is 4.56. The fraction of sp³-hybridized carbons (Fsp3) is 0.562. The molecule has 4 nitrogen and oxygen atoms in total. The Morgan fingerprint density at radius 2 is 2.29 bits per heavy atom. The van der Waals surface area contributed by atoms with Crippen molar-refractivity contribution in [2.45, 2.75) is 50.6 Å². The van der Waals surface area contributed by atoms with Crippen molar-refractivity contribution in [2.75, 3.05) is 12.8 Å². The minimum atomic E-state index is -0.0593. The molecule has 0 atom stereocenters. The van der Waals surface area contributed by atoms with Gasteiger partial charge in [0.05, 0.1) is 11.3 Å². The van der Waals surface area contributed by atoms with Gasteiger partial charge < -0.3 is 5.32 Å². The number of amides is 1. The number of carbonyl (C=O) groups is 1. The van der Waals surface area contributed by atoms with Gasteiger partial charge in [-0.15, -0.1) is 0 Å². The van der Waals surface area contributed by atoms with Crippen molar-refractivity contribution < 1.29 is 4.79 Å². The summed E-state index contributed by atoms with van der Waals surface area (Å²) in [4.78, 5) is 20.9. The standard InChI is InChI=1S/C16H23N3OS/c1-3-14-13(11-18-16(19-14)21-2)15(20)17-10-9-12-7-5-4-6-8-12/h7,11H,3-6,8-10H2,1-2H3,(H,17,20). The molecule has 2 rings (SSSR count). The summed E-state index contributed by atoms with van der Waals surface area (Å²) in [6.45, 7) is 2.70. The van der Waals surface area contributed by atoms with E-state index >= 15 is 0 Å². The third-order valence-corrected chi connectivity index (χ3v) is 4.29. The van der Waals surface area contributed by atoms with E-state index in [-0.39, 0.29) is 5.91 Å². The van der Waals surface area contributed by atoms with Gasteiger partial charge in [0.1, 0.15) is 0 Å². The maximum absolute atomic E-state index is 12.2. The Kier molecular flexibility index (Phi) is 6.23. The lowest BCUT2D eigenvalue weighted by Crippen LogP contribution is -2.26. The molecule has 0 saturated heterocycles. The SMILES string of the molecule is CCc1nc(SC)ncc1C(=O)NCCC1=CCCCC1. The summed E-state index contributed by atoms with van der Waals surface area (Å²) in [7, 11) is 0. The predicted molar refractivity (Wildman–Crippen MR) is 86.7 cm³/mol. The van der Waals surface area contributed by atoms with Crippen LogP contribution >= 0.6 is 11.8 Å². The van der Waals surface area contributed by atoms with Gasteiger partial charge in [-0.05, 0) is 44.8 Å². The number of hydrogen-bond acceptors (Lipinski definition) is 4. The van der Waals surface area contributed by atoms with E-state index in [0.29, 0.717) is 12.1 Å². The molecule has 0 radical (unpaired) electrons. The van der Waals surface area contributed by atoms with Gasteiger partial charge in [-0.2, -0.15) is 0 Å². The van der Waals surface area contributed by atoms with Crippen molar-refractivity contribution >= 4 is 17.7 Å². The minimum Gasteiger partial charge on any atom is -0.352 e. The molecule has 21 heavy (non-hydrogen) atoms. The lowest BCUT2D eigenvalue weighted by molar-refractivity contribution is 0.0952. The molecule has 1 heterocycles. The molecule has 1 amide bonds. The minimum absolute atomic E-state index is 0.0593. The van der Waals surface area contributed by atoms with Gasteiger partial charge in [-0.25, -0.2) is 9.97 Å².